The van der Waals surface area contributed by atoms with Crippen LogP contribution in [-0.4, -0.2) is 28.0 Å². The number of nitro benzene ring substituents is 1. The number of halogens is 1. The number of carbonyl (C=O) groups is 2. The number of hydrogen-bond acceptors (Lipinski definition) is 6. The Hall–Kier alpha value is -3.78. The summed E-state index contributed by atoms with van der Waals surface area (Å²) in [6, 6.07) is 13.9. The van der Waals surface area contributed by atoms with Crippen molar-refractivity contribution in [3.8, 4) is 11.3 Å². The molecule has 2 amide bonds. The second kappa shape index (κ2) is 6.75. The molecule has 1 aliphatic heterocycles. The Morgan fingerprint density at radius 1 is 1.04 bits per heavy atom. The Kier molecular flexibility index (Phi) is 4.25. The predicted molar refractivity (Wildman–Crippen MR) is 100 cm³/mol. The highest BCUT2D eigenvalue weighted by atomic mass is 35.5. The van der Waals surface area contributed by atoms with E-state index in [2.05, 4.69) is 5.10 Å². The quantitative estimate of drug-likeness (QED) is 0.285. The molecule has 8 nitrogen and oxygen atoms in total. The molecule has 0 spiro atoms. The Bertz CT molecular complexity index is 1130. The normalized spacial score (nSPS) is 13.4. The minimum absolute atomic E-state index is 0.0210. The fourth-order valence-corrected chi connectivity index (χ4v) is 2.97. The van der Waals surface area contributed by atoms with Gasteiger partial charge in [0.05, 0.1) is 22.3 Å². The highest BCUT2D eigenvalue weighted by Gasteiger charge is 2.35. The van der Waals surface area contributed by atoms with Crippen molar-refractivity contribution in [1.29, 1.82) is 0 Å². The van der Waals surface area contributed by atoms with Gasteiger partial charge in [0.25, 0.3) is 17.5 Å². The summed E-state index contributed by atoms with van der Waals surface area (Å²) in [5.41, 5.74) is 0.796. The first-order valence-corrected chi connectivity index (χ1v) is 8.39. The first-order chi connectivity index (χ1) is 13.5. The Morgan fingerprint density at radius 2 is 1.71 bits per heavy atom. The summed E-state index contributed by atoms with van der Waals surface area (Å²) >= 11 is 5.81. The lowest BCUT2D eigenvalue weighted by Crippen LogP contribution is -2.23. The molecule has 0 radical (unpaired) electrons. The van der Waals surface area contributed by atoms with Gasteiger partial charge in [-0.1, -0.05) is 23.7 Å². The number of fused-ring (bicyclic) bond motifs is 1. The highest BCUT2D eigenvalue weighted by Crippen LogP contribution is 2.31. The summed E-state index contributed by atoms with van der Waals surface area (Å²) in [4.78, 5) is 35.0. The third-order valence-corrected chi connectivity index (χ3v) is 4.45. The third kappa shape index (κ3) is 2.95. The second-order valence-corrected chi connectivity index (χ2v) is 6.24. The minimum atomic E-state index is -0.584. The fourth-order valence-electron chi connectivity index (χ4n) is 2.78. The SMILES string of the molecule is O=C1c2ccccc2C(=O)N1/N=C/c1ccc(-c2ccc(Cl)c([N+](=O)[O-])c2)o1. The maximum absolute atomic E-state index is 12.3. The Labute approximate surface area is 162 Å². The lowest BCUT2D eigenvalue weighted by atomic mass is 10.1. The van der Waals surface area contributed by atoms with E-state index >= 15 is 0 Å². The van der Waals surface area contributed by atoms with Gasteiger partial charge in [0.1, 0.15) is 16.5 Å². The lowest BCUT2D eigenvalue weighted by molar-refractivity contribution is -0.384. The summed E-state index contributed by atoms with van der Waals surface area (Å²) in [7, 11) is 0. The van der Waals surface area contributed by atoms with E-state index < -0.39 is 16.7 Å². The Morgan fingerprint density at radius 3 is 2.36 bits per heavy atom. The number of benzene rings is 2. The molecule has 0 N–H and O–H groups in total. The van der Waals surface area contributed by atoms with Crippen molar-refractivity contribution < 1.29 is 18.9 Å². The van der Waals surface area contributed by atoms with Crippen LogP contribution in [0.3, 0.4) is 0 Å². The summed E-state index contributed by atoms with van der Waals surface area (Å²) in [6.45, 7) is 0. The van der Waals surface area contributed by atoms with Crippen molar-refractivity contribution >= 4 is 35.3 Å². The number of imide groups is 1. The monoisotopic (exact) mass is 395 g/mol. The van der Waals surface area contributed by atoms with Crippen molar-refractivity contribution in [2.24, 2.45) is 5.10 Å². The van der Waals surface area contributed by atoms with E-state index in [9.17, 15) is 19.7 Å². The summed E-state index contributed by atoms with van der Waals surface area (Å²) in [5, 5.41) is 15.7. The molecule has 0 bridgehead atoms. The standard InChI is InChI=1S/C19H10ClN3O5/c20-15-7-5-11(9-16(15)23(26)27)17-8-6-12(28-17)10-21-22-18(24)13-3-1-2-4-14(13)19(22)25/h1-10H/b21-10+. The van der Waals surface area contributed by atoms with Crippen molar-refractivity contribution in [1.82, 2.24) is 5.01 Å². The van der Waals surface area contributed by atoms with E-state index in [-0.39, 0.29) is 16.5 Å². The molecule has 1 aromatic heterocycles. The average molecular weight is 396 g/mol. The number of carbonyl (C=O) groups excluding carboxylic acids is 2. The molecular weight excluding hydrogens is 386 g/mol. The van der Waals surface area contributed by atoms with E-state index in [1.54, 1.807) is 42.5 Å². The van der Waals surface area contributed by atoms with E-state index in [1.807, 2.05) is 0 Å². The number of nitro groups is 1. The summed E-state index contributed by atoms with van der Waals surface area (Å²) in [5.74, 6) is -0.415. The molecule has 0 fully saturated rings. The van der Waals surface area contributed by atoms with Crippen molar-refractivity contribution in [3.63, 3.8) is 0 Å². The van der Waals surface area contributed by atoms with Gasteiger partial charge in [0.2, 0.25) is 0 Å². The van der Waals surface area contributed by atoms with Gasteiger partial charge in [-0.15, -0.1) is 0 Å². The molecule has 4 rings (SSSR count). The molecule has 0 unspecified atom stereocenters. The van der Waals surface area contributed by atoms with Crippen LogP contribution in [-0.2, 0) is 0 Å². The number of nitrogens with zero attached hydrogens (tertiary/aromatic N) is 3. The molecule has 3 aromatic rings. The van der Waals surface area contributed by atoms with Gasteiger partial charge in [-0.05, 0) is 36.4 Å². The number of furan rings is 1. The van der Waals surface area contributed by atoms with E-state index in [0.717, 1.165) is 5.01 Å². The number of rotatable bonds is 4. The van der Waals surface area contributed by atoms with Gasteiger partial charge >= 0.3 is 0 Å². The van der Waals surface area contributed by atoms with Gasteiger partial charge in [0.15, 0.2) is 0 Å². The van der Waals surface area contributed by atoms with Gasteiger partial charge < -0.3 is 4.42 Å². The maximum Gasteiger partial charge on any atom is 0.288 e. The van der Waals surface area contributed by atoms with Crippen molar-refractivity contribution in [2.75, 3.05) is 0 Å². The van der Waals surface area contributed by atoms with Crippen molar-refractivity contribution in [3.05, 3.63) is 86.6 Å². The van der Waals surface area contributed by atoms with E-state index in [1.165, 1.54) is 18.3 Å². The third-order valence-electron chi connectivity index (χ3n) is 4.13. The highest BCUT2D eigenvalue weighted by molar-refractivity contribution is 6.32. The summed E-state index contributed by atoms with van der Waals surface area (Å²) in [6.07, 6.45) is 1.23. The molecule has 0 saturated heterocycles. The molecule has 138 valence electrons. The first-order valence-electron chi connectivity index (χ1n) is 8.01. The molecule has 0 aliphatic carbocycles. The van der Waals surface area contributed by atoms with E-state index in [4.69, 9.17) is 16.0 Å². The van der Waals surface area contributed by atoms with Gasteiger partial charge in [-0.3, -0.25) is 19.7 Å². The van der Waals surface area contributed by atoms with Crippen molar-refractivity contribution in [2.45, 2.75) is 0 Å². The molecule has 1 aliphatic rings. The Balaban J connectivity index is 1.58. The van der Waals surface area contributed by atoms with Crippen LogP contribution in [0, 0.1) is 10.1 Å². The van der Waals surface area contributed by atoms with Crippen LogP contribution >= 0.6 is 11.6 Å². The minimum Gasteiger partial charge on any atom is -0.455 e. The topological polar surface area (TPSA) is 106 Å². The zero-order chi connectivity index (χ0) is 19.8. The summed E-state index contributed by atoms with van der Waals surface area (Å²) < 4.78 is 5.59. The number of hydrogen-bond donors (Lipinski definition) is 0. The molecule has 0 atom stereocenters. The average Bonchev–Trinajstić information content (AvgIpc) is 3.25. The number of amides is 2. The zero-order valence-corrected chi connectivity index (χ0v) is 14.8. The smallest absolute Gasteiger partial charge is 0.288 e. The van der Waals surface area contributed by atoms with Gasteiger partial charge in [-0.2, -0.15) is 10.1 Å². The maximum atomic E-state index is 12.3. The number of hydrazone groups is 1. The van der Waals surface area contributed by atoms with Crippen LogP contribution in [0.25, 0.3) is 11.3 Å². The fraction of sp³-hybridized carbons (Fsp3) is 0. The van der Waals surface area contributed by atoms with Crippen LogP contribution in [0.5, 0.6) is 0 Å². The second-order valence-electron chi connectivity index (χ2n) is 5.84. The molecule has 28 heavy (non-hydrogen) atoms. The zero-order valence-electron chi connectivity index (χ0n) is 14.0. The van der Waals surface area contributed by atoms with E-state index in [0.29, 0.717) is 22.5 Å². The molecule has 2 heterocycles. The van der Waals surface area contributed by atoms with Crippen LogP contribution in [0.2, 0.25) is 5.02 Å². The van der Waals surface area contributed by atoms with Crippen LogP contribution in [0.1, 0.15) is 26.5 Å². The molecule has 0 saturated carbocycles. The molecule has 9 heteroatoms. The lowest BCUT2D eigenvalue weighted by Gasteiger charge is -2.04. The predicted octanol–water partition coefficient (Wildman–Crippen LogP) is 4.14. The largest absolute Gasteiger partial charge is 0.455 e. The first kappa shape index (κ1) is 17.6. The van der Waals surface area contributed by atoms with Crippen LogP contribution < -0.4 is 0 Å². The molecular formula is C19H10ClN3O5. The van der Waals surface area contributed by atoms with Crippen LogP contribution in [0.15, 0.2) is 64.1 Å². The van der Waals surface area contributed by atoms with Crippen LogP contribution in [0.4, 0.5) is 5.69 Å². The molecule has 2 aromatic carbocycles. The van der Waals surface area contributed by atoms with Gasteiger partial charge in [-0.25, -0.2) is 0 Å². The van der Waals surface area contributed by atoms with Gasteiger partial charge in [0, 0.05) is 11.6 Å².